The Morgan fingerprint density at radius 3 is 2.63 bits per heavy atom. The molecule has 19 heavy (non-hydrogen) atoms. The number of hydrogen-bond donors (Lipinski definition) is 1. The largest absolute Gasteiger partial charge is 0.495 e. The van der Waals surface area contributed by atoms with E-state index in [4.69, 9.17) is 10.5 Å². The van der Waals surface area contributed by atoms with Gasteiger partial charge in [0.1, 0.15) is 5.75 Å². The highest BCUT2D eigenvalue weighted by atomic mass is 79.9. The van der Waals surface area contributed by atoms with Crippen molar-refractivity contribution in [2.75, 3.05) is 19.1 Å². The van der Waals surface area contributed by atoms with Crippen molar-refractivity contribution in [1.82, 2.24) is 0 Å². The number of nitrogens with zero attached hydrogens (tertiary/aromatic N) is 1. The van der Waals surface area contributed by atoms with Crippen LogP contribution in [0.15, 0.2) is 22.7 Å². The molecule has 0 unspecified atom stereocenters. The number of halogens is 1. The summed E-state index contributed by atoms with van der Waals surface area (Å²) in [5.74, 6) is 0.695. The van der Waals surface area contributed by atoms with Gasteiger partial charge >= 0.3 is 0 Å². The lowest BCUT2D eigenvalue weighted by atomic mass is 10.00. The van der Waals surface area contributed by atoms with Gasteiger partial charge in [-0.15, -0.1) is 0 Å². The highest BCUT2D eigenvalue weighted by molar-refractivity contribution is 9.10. The molecule has 1 rings (SSSR count). The van der Waals surface area contributed by atoms with Crippen molar-refractivity contribution >= 4 is 27.5 Å². The number of nitrogens with two attached hydrogens (primary N) is 1. The third-order valence-corrected chi connectivity index (χ3v) is 3.35. The van der Waals surface area contributed by atoms with E-state index in [0.717, 1.165) is 10.2 Å². The van der Waals surface area contributed by atoms with E-state index >= 15 is 0 Å². The van der Waals surface area contributed by atoms with Gasteiger partial charge < -0.3 is 15.4 Å². The Balaban J connectivity index is 2.84. The first-order valence-electron chi connectivity index (χ1n) is 6.13. The highest BCUT2D eigenvalue weighted by Gasteiger charge is 2.19. The predicted molar refractivity (Wildman–Crippen MR) is 81.6 cm³/mol. The molecule has 0 aliphatic heterocycles. The maximum atomic E-state index is 12.2. The molecular weight excluding hydrogens is 308 g/mol. The van der Waals surface area contributed by atoms with Crippen LogP contribution < -0.4 is 15.4 Å². The third-order valence-electron chi connectivity index (χ3n) is 2.86. The lowest BCUT2D eigenvalue weighted by Crippen LogP contribution is -2.35. The van der Waals surface area contributed by atoms with Gasteiger partial charge in [-0.25, -0.2) is 0 Å². The molecule has 2 N–H and O–H groups in total. The van der Waals surface area contributed by atoms with E-state index in [-0.39, 0.29) is 11.4 Å². The minimum atomic E-state index is -0.335. The molecule has 0 aliphatic carbocycles. The van der Waals surface area contributed by atoms with Gasteiger partial charge in [0.05, 0.1) is 12.8 Å². The summed E-state index contributed by atoms with van der Waals surface area (Å²) < 4.78 is 6.18. The summed E-state index contributed by atoms with van der Waals surface area (Å²) in [6.45, 7) is 3.83. The average molecular weight is 329 g/mol. The number of methoxy groups -OCH3 is 1. The Hall–Kier alpha value is -1.07. The zero-order valence-electron chi connectivity index (χ0n) is 11.9. The maximum absolute atomic E-state index is 12.2. The Kier molecular flexibility index (Phi) is 5.38. The number of hydrogen-bond acceptors (Lipinski definition) is 3. The number of anilines is 1. The second-order valence-electron chi connectivity index (χ2n) is 5.26. The van der Waals surface area contributed by atoms with Gasteiger partial charge in [-0.1, -0.05) is 15.9 Å². The number of rotatable bonds is 5. The summed E-state index contributed by atoms with van der Waals surface area (Å²) >= 11 is 3.40. The second kappa shape index (κ2) is 6.39. The lowest BCUT2D eigenvalue weighted by molar-refractivity contribution is -0.118. The molecule has 1 aromatic rings. The van der Waals surface area contributed by atoms with Crippen LogP contribution in [0.25, 0.3) is 0 Å². The Morgan fingerprint density at radius 2 is 2.11 bits per heavy atom. The van der Waals surface area contributed by atoms with Crippen molar-refractivity contribution < 1.29 is 9.53 Å². The van der Waals surface area contributed by atoms with Crippen LogP contribution in [0.3, 0.4) is 0 Å². The first-order valence-corrected chi connectivity index (χ1v) is 6.93. The van der Waals surface area contributed by atoms with Crippen LogP contribution in [0.4, 0.5) is 5.69 Å². The van der Waals surface area contributed by atoms with Gasteiger partial charge in [-0.05, 0) is 38.5 Å². The molecule has 0 spiro atoms. The van der Waals surface area contributed by atoms with Crippen LogP contribution in [-0.4, -0.2) is 25.6 Å². The molecule has 0 bridgehead atoms. The molecule has 0 saturated carbocycles. The van der Waals surface area contributed by atoms with E-state index in [1.54, 1.807) is 19.1 Å². The molecule has 5 heteroatoms. The molecule has 4 nitrogen and oxygen atoms in total. The fourth-order valence-electron chi connectivity index (χ4n) is 1.66. The Morgan fingerprint density at radius 1 is 1.47 bits per heavy atom. The predicted octanol–water partition coefficient (Wildman–Crippen LogP) is 2.94. The van der Waals surface area contributed by atoms with E-state index in [9.17, 15) is 4.79 Å². The van der Waals surface area contributed by atoms with E-state index < -0.39 is 0 Å². The smallest absolute Gasteiger partial charge is 0.226 e. The van der Waals surface area contributed by atoms with Crippen LogP contribution in [0.2, 0.25) is 0 Å². The molecule has 1 amide bonds. The van der Waals surface area contributed by atoms with E-state index in [0.29, 0.717) is 18.6 Å². The molecule has 0 fully saturated rings. The summed E-state index contributed by atoms with van der Waals surface area (Å²) in [6.07, 6.45) is 1.06. The molecule has 0 aromatic heterocycles. The van der Waals surface area contributed by atoms with E-state index in [1.165, 1.54) is 0 Å². The van der Waals surface area contributed by atoms with E-state index in [1.807, 2.05) is 32.0 Å². The zero-order valence-corrected chi connectivity index (χ0v) is 13.5. The number of carbonyl (C=O) groups excluding carboxylic acids is 1. The maximum Gasteiger partial charge on any atom is 0.226 e. The monoisotopic (exact) mass is 328 g/mol. The minimum Gasteiger partial charge on any atom is -0.495 e. The molecule has 0 saturated heterocycles. The Bertz CT molecular complexity index is 455. The molecule has 106 valence electrons. The fraction of sp³-hybridized carbons (Fsp3) is 0.500. The van der Waals surface area contributed by atoms with Crippen molar-refractivity contribution in [1.29, 1.82) is 0 Å². The first-order chi connectivity index (χ1) is 8.74. The number of carbonyl (C=O) groups is 1. The van der Waals surface area contributed by atoms with Crippen LogP contribution in [0.5, 0.6) is 5.75 Å². The van der Waals surface area contributed by atoms with E-state index in [2.05, 4.69) is 15.9 Å². The number of amides is 1. The van der Waals surface area contributed by atoms with Gasteiger partial charge in [-0.3, -0.25) is 4.79 Å². The van der Waals surface area contributed by atoms with Crippen molar-refractivity contribution in [3.05, 3.63) is 22.7 Å². The summed E-state index contributed by atoms with van der Waals surface area (Å²) in [5, 5.41) is 0. The van der Waals surface area contributed by atoms with Gasteiger partial charge in [0.2, 0.25) is 5.91 Å². The summed E-state index contributed by atoms with van der Waals surface area (Å²) in [6, 6.07) is 5.57. The van der Waals surface area contributed by atoms with Crippen molar-refractivity contribution in [3.63, 3.8) is 0 Å². The first kappa shape index (κ1) is 16.0. The number of ether oxygens (including phenoxy) is 1. The van der Waals surface area contributed by atoms with Gasteiger partial charge in [0.15, 0.2) is 0 Å². The normalized spacial score (nSPS) is 11.3. The second-order valence-corrected chi connectivity index (χ2v) is 6.17. The van der Waals surface area contributed by atoms with Gasteiger partial charge in [-0.2, -0.15) is 0 Å². The summed E-state index contributed by atoms with van der Waals surface area (Å²) in [4.78, 5) is 13.8. The minimum absolute atomic E-state index is 0.0231. The van der Waals surface area contributed by atoms with Gasteiger partial charge in [0, 0.05) is 23.5 Å². The summed E-state index contributed by atoms with van der Waals surface area (Å²) in [7, 11) is 3.34. The highest BCUT2D eigenvalue weighted by Crippen LogP contribution is 2.31. The average Bonchev–Trinajstić information content (AvgIpc) is 2.34. The molecule has 0 atom stereocenters. The Labute approximate surface area is 123 Å². The van der Waals surface area contributed by atoms with Crippen LogP contribution in [-0.2, 0) is 4.79 Å². The van der Waals surface area contributed by atoms with Crippen LogP contribution in [0.1, 0.15) is 26.7 Å². The number of benzene rings is 1. The molecular formula is C14H21BrN2O2. The van der Waals surface area contributed by atoms with Crippen molar-refractivity contribution in [3.8, 4) is 5.75 Å². The lowest BCUT2D eigenvalue weighted by Gasteiger charge is -2.23. The molecule has 0 aliphatic rings. The quantitative estimate of drug-likeness (QED) is 0.904. The standard InChI is InChI=1S/C14H21BrN2O2/c1-14(2,16)8-7-13(18)17(3)11-9-10(15)5-6-12(11)19-4/h5-6,9H,7-8,16H2,1-4H3. The van der Waals surface area contributed by atoms with Gasteiger partial charge in [0.25, 0.3) is 0 Å². The summed E-state index contributed by atoms with van der Waals surface area (Å²) in [5.41, 5.74) is 6.31. The SMILES string of the molecule is COc1ccc(Br)cc1N(C)C(=O)CCC(C)(C)N. The topological polar surface area (TPSA) is 55.6 Å². The fourth-order valence-corrected chi connectivity index (χ4v) is 2.01. The van der Waals surface area contributed by atoms with Crippen molar-refractivity contribution in [2.24, 2.45) is 5.73 Å². The zero-order chi connectivity index (χ0) is 14.6. The van der Waals surface area contributed by atoms with Crippen LogP contribution >= 0.6 is 15.9 Å². The molecule has 0 heterocycles. The van der Waals surface area contributed by atoms with Crippen molar-refractivity contribution in [2.45, 2.75) is 32.2 Å². The van der Waals surface area contributed by atoms with Crippen LogP contribution in [0, 0.1) is 0 Å². The molecule has 0 radical (unpaired) electrons. The molecule has 1 aromatic carbocycles. The third kappa shape index (κ3) is 4.84.